The van der Waals surface area contributed by atoms with Crippen LogP contribution in [0, 0.1) is 0 Å². The summed E-state index contributed by atoms with van der Waals surface area (Å²) >= 11 is 1.48. The average molecular weight is 472 g/mol. The molecule has 1 unspecified atom stereocenters. The second kappa shape index (κ2) is 9.60. The van der Waals surface area contributed by atoms with Gasteiger partial charge in [-0.25, -0.2) is 0 Å². The van der Waals surface area contributed by atoms with Crippen molar-refractivity contribution in [2.45, 2.75) is 12.8 Å². The maximum atomic E-state index is 4.48. The Balaban J connectivity index is 0.000000205. The molecule has 1 aromatic carbocycles. The van der Waals surface area contributed by atoms with Crippen LogP contribution in [0.1, 0.15) is 29.7 Å². The van der Waals surface area contributed by atoms with Gasteiger partial charge in [0.2, 0.25) is 0 Å². The van der Waals surface area contributed by atoms with E-state index in [9.17, 15) is 0 Å². The molecular formula is C22H17Cl2N2Zr. The number of pyridine rings is 1. The van der Waals surface area contributed by atoms with Gasteiger partial charge in [0.1, 0.15) is 0 Å². The van der Waals surface area contributed by atoms with Crippen molar-refractivity contribution in [3.05, 3.63) is 104 Å². The number of hydrogen-bond donors (Lipinski definition) is 0. The van der Waals surface area contributed by atoms with Crippen molar-refractivity contribution in [1.82, 2.24) is 4.98 Å². The molecule has 0 spiro atoms. The van der Waals surface area contributed by atoms with E-state index in [4.69, 9.17) is 0 Å². The Labute approximate surface area is 187 Å². The minimum atomic E-state index is 0. The Morgan fingerprint density at radius 1 is 0.963 bits per heavy atom. The van der Waals surface area contributed by atoms with Crippen molar-refractivity contribution in [2.75, 3.05) is 0 Å². The molecule has 0 radical (unpaired) electrons. The fraction of sp³-hybridized carbons (Fsp3) is 0.0909. The molecule has 5 heteroatoms. The Morgan fingerprint density at radius 3 is 2.48 bits per heavy atom. The molecule has 2 aliphatic carbocycles. The molecule has 0 N–H and O–H groups in total. The Bertz CT molecular complexity index is 973. The summed E-state index contributed by atoms with van der Waals surface area (Å²) in [6.07, 6.45) is 12.4. The zero-order chi connectivity index (χ0) is 17.2. The van der Waals surface area contributed by atoms with Crippen LogP contribution in [0.25, 0.3) is 6.08 Å². The summed E-state index contributed by atoms with van der Waals surface area (Å²) in [5, 5.41) is 0. The molecule has 1 atom stereocenters. The van der Waals surface area contributed by atoms with Crippen molar-refractivity contribution in [1.29, 1.82) is 0 Å². The number of aliphatic imine (C=N–C) groups is 1. The number of benzene rings is 1. The number of rotatable bonds is 1. The second-order valence-electron chi connectivity index (χ2n) is 6.18. The normalized spacial score (nSPS) is 17.8. The number of fused-ring (bicyclic) bond motifs is 2. The van der Waals surface area contributed by atoms with Crippen LogP contribution in [0.5, 0.6) is 0 Å². The van der Waals surface area contributed by atoms with Gasteiger partial charge in [-0.2, -0.15) is 0 Å². The molecule has 27 heavy (non-hydrogen) atoms. The van der Waals surface area contributed by atoms with Crippen molar-refractivity contribution in [3.8, 4) is 0 Å². The van der Waals surface area contributed by atoms with Crippen LogP contribution in [0.3, 0.4) is 0 Å². The van der Waals surface area contributed by atoms with Gasteiger partial charge in [-0.1, -0.05) is 12.2 Å². The molecule has 133 valence electrons. The van der Waals surface area contributed by atoms with Crippen molar-refractivity contribution < 1.29 is 49.5 Å². The zero-order valence-corrected chi connectivity index (χ0v) is 18.7. The monoisotopic (exact) mass is 469 g/mol. The first-order chi connectivity index (χ1) is 12.2. The van der Waals surface area contributed by atoms with Gasteiger partial charge in [-0.05, 0) is 19.1 Å². The molecule has 2 aromatic rings. The number of halogens is 2. The van der Waals surface area contributed by atoms with Gasteiger partial charge >= 0.3 is 110 Å². The van der Waals surface area contributed by atoms with Crippen LogP contribution in [0.15, 0.2) is 92.5 Å². The van der Waals surface area contributed by atoms with Crippen LogP contribution in [-0.2, 0) is 24.7 Å². The van der Waals surface area contributed by atoms with Crippen LogP contribution in [0.2, 0.25) is 0 Å². The predicted octanol–water partition coefficient (Wildman–Crippen LogP) is -1.04. The van der Waals surface area contributed by atoms with E-state index in [2.05, 4.69) is 64.6 Å². The summed E-state index contributed by atoms with van der Waals surface area (Å²) in [6, 6.07) is 14.7. The first kappa shape index (κ1) is 21.8. The Kier molecular flexibility index (Phi) is 7.73. The zero-order valence-electron chi connectivity index (χ0n) is 14.7. The van der Waals surface area contributed by atoms with Crippen molar-refractivity contribution in [3.63, 3.8) is 0 Å². The van der Waals surface area contributed by atoms with Crippen molar-refractivity contribution in [2.24, 2.45) is 4.99 Å². The Hall–Kier alpha value is -1.54. The standard InChI is InChI=1S/C14H10N.C8H7N.2ClH.Zr/c1-2-6-12-11(5-1)8-9-13(12)14-7-3-4-10-15-14;1-6-5-7-3-2-4-8(7)9-6;;;/h1-8,10,13H;2-5H,1H3;2*1H;/q;;;;+2/p-2. The molecule has 0 saturated carbocycles. The summed E-state index contributed by atoms with van der Waals surface area (Å²) in [5.74, 6) is 0.385. The molecule has 0 amide bonds. The third kappa shape index (κ3) is 4.66. The molecule has 3 aliphatic rings. The van der Waals surface area contributed by atoms with Crippen LogP contribution < -0.4 is 24.8 Å². The summed E-state index contributed by atoms with van der Waals surface area (Å²) in [4.78, 5) is 8.76. The minimum absolute atomic E-state index is 0. The van der Waals surface area contributed by atoms with E-state index in [1.165, 1.54) is 44.7 Å². The van der Waals surface area contributed by atoms with Gasteiger partial charge in [0.05, 0.1) is 5.70 Å². The summed E-state index contributed by atoms with van der Waals surface area (Å²) in [7, 11) is 0. The van der Waals surface area contributed by atoms with E-state index in [0.717, 1.165) is 17.1 Å². The van der Waals surface area contributed by atoms with E-state index < -0.39 is 0 Å². The number of hydrogen-bond acceptors (Lipinski definition) is 2. The fourth-order valence-corrected chi connectivity index (χ4v) is 4.41. The molecule has 1 aromatic heterocycles. The topological polar surface area (TPSA) is 25.2 Å². The average Bonchev–Trinajstić information content (AvgIpc) is 3.28. The molecule has 2 heterocycles. The van der Waals surface area contributed by atoms with Crippen LogP contribution in [0.4, 0.5) is 0 Å². The van der Waals surface area contributed by atoms with E-state index in [1.807, 2.05) is 31.3 Å². The second-order valence-corrected chi connectivity index (χ2v) is 7.60. The third-order valence-corrected chi connectivity index (χ3v) is 5.46. The van der Waals surface area contributed by atoms with E-state index >= 15 is 0 Å². The quantitative estimate of drug-likeness (QED) is 0.522. The summed E-state index contributed by atoms with van der Waals surface area (Å²) < 4.78 is 1.46. The summed E-state index contributed by atoms with van der Waals surface area (Å²) in [6.45, 7) is 2.01. The number of allylic oxidation sites excluding steroid dienone is 5. The van der Waals surface area contributed by atoms with Crippen LogP contribution in [-0.4, -0.2) is 10.7 Å². The van der Waals surface area contributed by atoms with E-state index in [1.54, 1.807) is 0 Å². The third-order valence-electron chi connectivity index (χ3n) is 4.40. The first-order valence-corrected chi connectivity index (χ1v) is 9.54. The molecule has 0 fully saturated rings. The van der Waals surface area contributed by atoms with Gasteiger partial charge in [0, 0.05) is 11.3 Å². The van der Waals surface area contributed by atoms with Gasteiger partial charge in [-0.3, -0.25) is 4.99 Å². The van der Waals surface area contributed by atoms with Crippen molar-refractivity contribution >= 4 is 11.8 Å². The van der Waals surface area contributed by atoms with Gasteiger partial charge in [0.15, 0.2) is 0 Å². The predicted molar refractivity (Wildman–Crippen MR) is 98.9 cm³/mol. The van der Waals surface area contributed by atoms with Crippen LogP contribution >= 0.6 is 0 Å². The van der Waals surface area contributed by atoms with Gasteiger partial charge in [0.25, 0.3) is 0 Å². The first-order valence-electron chi connectivity index (χ1n) is 8.31. The molecule has 0 saturated heterocycles. The molecule has 0 bridgehead atoms. The maximum absolute atomic E-state index is 4.48. The molecule has 2 nitrogen and oxygen atoms in total. The molecule has 1 aliphatic heterocycles. The van der Waals surface area contributed by atoms with Gasteiger partial charge < -0.3 is 24.8 Å². The van der Waals surface area contributed by atoms with E-state index in [-0.39, 0.29) is 24.8 Å². The summed E-state index contributed by atoms with van der Waals surface area (Å²) in [5.41, 5.74) is 7.40. The fourth-order valence-electron chi connectivity index (χ4n) is 3.28. The SMILES string of the molecule is CC1=NC2=CC=CC2=C1.[Cl-].[Cl-].[Zr+2][C]1=Cc2ccccc2C1c1ccccn1. The van der Waals surface area contributed by atoms with Gasteiger partial charge in [-0.15, -0.1) is 0 Å². The Morgan fingerprint density at radius 2 is 1.74 bits per heavy atom. The molecule has 5 rings (SSSR count). The number of nitrogens with zero attached hydrogens (tertiary/aromatic N) is 2. The van der Waals surface area contributed by atoms with E-state index in [0.29, 0.717) is 5.92 Å². The number of aromatic nitrogens is 1. The molecular weight excluding hydrogens is 454 g/mol.